The van der Waals surface area contributed by atoms with Crippen LogP contribution in [0, 0.1) is 23.0 Å². The summed E-state index contributed by atoms with van der Waals surface area (Å²) in [5.41, 5.74) is 1.79. The van der Waals surface area contributed by atoms with Crippen LogP contribution in [-0.2, 0) is 10.0 Å². The highest BCUT2D eigenvalue weighted by molar-refractivity contribution is 7.89. The summed E-state index contributed by atoms with van der Waals surface area (Å²) in [7, 11) is -3.76. The summed E-state index contributed by atoms with van der Waals surface area (Å²) in [6.07, 6.45) is 7.81. The number of hydrogen-bond acceptors (Lipinski definition) is 5. The fourth-order valence-electron chi connectivity index (χ4n) is 5.39. The van der Waals surface area contributed by atoms with Gasteiger partial charge in [-0.1, -0.05) is 49.1 Å². The lowest BCUT2D eigenvalue weighted by molar-refractivity contribution is -0.384. The number of likely N-dealkylation sites (tertiary alicyclic amines) is 1. The molecule has 1 N–H and O–H groups in total. The smallest absolute Gasteiger partial charge is 0.269 e. The maximum Gasteiger partial charge on any atom is 0.269 e. The van der Waals surface area contributed by atoms with Crippen molar-refractivity contribution >= 4 is 15.7 Å². The zero-order valence-corrected chi connectivity index (χ0v) is 20.0. The van der Waals surface area contributed by atoms with E-state index in [2.05, 4.69) is 9.62 Å². The van der Waals surface area contributed by atoms with E-state index in [0.29, 0.717) is 6.04 Å². The summed E-state index contributed by atoms with van der Waals surface area (Å²) in [6, 6.07) is 13.1. The van der Waals surface area contributed by atoms with Gasteiger partial charge in [0.25, 0.3) is 5.69 Å². The molecule has 7 nitrogen and oxygen atoms in total. The van der Waals surface area contributed by atoms with Gasteiger partial charge in [-0.2, -0.15) is 0 Å². The molecule has 0 amide bonds. The summed E-state index contributed by atoms with van der Waals surface area (Å²) in [6.45, 7) is 4.03. The summed E-state index contributed by atoms with van der Waals surface area (Å²) >= 11 is 0. The van der Waals surface area contributed by atoms with E-state index in [1.54, 1.807) is 36.4 Å². The van der Waals surface area contributed by atoms with Crippen molar-refractivity contribution in [1.82, 2.24) is 9.62 Å². The van der Waals surface area contributed by atoms with Gasteiger partial charge in [0.15, 0.2) is 0 Å². The van der Waals surface area contributed by atoms with Crippen LogP contribution >= 0.6 is 0 Å². The minimum absolute atomic E-state index is 0.00937. The van der Waals surface area contributed by atoms with Crippen molar-refractivity contribution in [1.29, 1.82) is 0 Å². The Hall–Kier alpha value is -2.29. The van der Waals surface area contributed by atoms with Gasteiger partial charge < -0.3 is 4.90 Å². The second-order valence-corrected chi connectivity index (χ2v) is 11.1. The number of nitro benzene ring substituents is 1. The lowest BCUT2D eigenvalue weighted by atomic mass is 9.76. The first-order valence-corrected chi connectivity index (χ1v) is 13.4. The largest absolute Gasteiger partial charge is 0.300 e. The van der Waals surface area contributed by atoms with Gasteiger partial charge in [0.05, 0.1) is 15.9 Å². The maximum atomic E-state index is 13.4. The number of piperidine rings is 1. The molecule has 1 saturated heterocycles. The number of nitrogens with zero attached hydrogens (tertiary/aromatic N) is 2. The second kappa shape index (κ2) is 10.3. The Bertz CT molecular complexity index is 1050. The predicted molar refractivity (Wildman–Crippen MR) is 129 cm³/mol. The van der Waals surface area contributed by atoms with Crippen LogP contribution in [0.5, 0.6) is 0 Å². The number of non-ortho nitro benzene ring substituents is 1. The van der Waals surface area contributed by atoms with Crippen molar-refractivity contribution in [3.05, 3.63) is 69.8 Å². The summed E-state index contributed by atoms with van der Waals surface area (Å²) in [5, 5.41) is 11.2. The number of aryl methyl sites for hydroxylation is 1. The SMILES string of the molecule is Cc1ccc(S(=O)(=O)NC(c2ccc([N+](=O)[O-])cc2)C2CCCCC2N2CCCCC2)cc1. The van der Waals surface area contributed by atoms with Crippen molar-refractivity contribution in [2.75, 3.05) is 13.1 Å². The summed E-state index contributed by atoms with van der Waals surface area (Å²) in [5.74, 6) is 0.110. The number of nitrogens with one attached hydrogen (secondary N) is 1. The van der Waals surface area contributed by atoms with Gasteiger partial charge in [-0.05, 0) is 69.3 Å². The van der Waals surface area contributed by atoms with Crippen LogP contribution < -0.4 is 4.72 Å². The van der Waals surface area contributed by atoms with E-state index < -0.39 is 21.0 Å². The van der Waals surface area contributed by atoms with Crippen molar-refractivity contribution < 1.29 is 13.3 Å². The first kappa shape index (κ1) is 23.9. The van der Waals surface area contributed by atoms with Gasteiger partial charge in [0.2, 0.25) is 10.0 Å². The molecule has 1 aliphatic carbocycles. The standard InChI is InChI=1S/C25H33N3O4S/c1-19-9-15-22(16-10-19)33(31,32)26-25(20-11-13-21(14-12-20)28(29)30)23-7-3-4-8-24(23)27-17-5-2-6-18-27/h9-16,23-26H,2-8,17-18H2,1H3. The van der Waals surface area contributed by atoms with Crippen LogP contribution in [0.15, 0.2) is 53.4 Å². The van der Waals surface area contributed by atoms with E-state index in [1.165, 1.54) is 31.4 Å². The molecule has 0 aromatic heterocycles. The molecule has 1 heterocycles. The van der Waals surface area contributed by atoms with Crippen molar-refractivity contribution in [3.8, 4) is 0 Å². The van der Waals surface area contributed by atoms with Gasteiger partial charge in [-0.15, -0.1) is 0 Å². The van der Waals surface area contributed by atoms with Crippen LogP contribution in [0.25, 0.3) is 0 Å². The Morgan fingerprint density at radius 3 is 2.21 bits per heavy atom. The van der Waals surface area contributed by atoms with Gasteiger partial charge in [0.1, 0.15) is 0 Å². The first-order valence-electron chi connectivity index (χ1n) is 11.9. The molecule has 2 aromatic carbocycles. The molecule has 33 heavy (non-hydrogen) atoms. The first-order chi connectivity index (χ1) is 15.8. The van der Waals surface area contributed by atoms with Gasteiger partial charge in [-0.3, -0.25) is 10.1 Å². The molecule has 3 unspecified atom stereocenters. The van der Waals surface area contributed by atoms with Crippen LogP contribution in [-0.4, -0.2) is 37.4 Å². The van der Waals surface area contributed by atoms with Gasteiger partial charge in [-0.25, -0.2) is 13.1 Å². The van der Waals surface area contributed by atoms with Crippen LogP contribution in [0.1, 0.15) is 62.1 Å². The number of rotatable bonds is 7. The highest BCUT2D eigenvalue weighted by Gasteiger charge is 2.38. The molecule has 2 fully saturated rings. The lowest BCUT2D eigenvalue weighted by Crippen LogP contribution is -2.49. The number of sulfonamides is 1. The molecule has 8 heteroatoms. The third-order valence-electron chi connectivity index (χ3n) is 7.15. The van der Waals surface area contributed by atoms with Crippen molar-refractivity contribution in [3.63, 3.8) is 0 Å². The van der Waals surface area contributed by atoms with E-state index in [4.69, 9.17) is 0 Å². The zero-order chi connectivity index (χ0) is 23.4. The van der Waals surface area contributed by atoms with Crippen molar-refractivity contribution in [2.24, 2.45) is 5.92 Å². The van der Waals surface area contributed by atoms with Crippen molar-refractivity contribution in [2.45, 2.75) is 68.8 Å². The van der Waals surface area contributed by atoms with E-state index in [9.17, 15) is 18.5 Å². The topological polar surface area (TPSA) is 92.5 Å². The molecule has 1 saturated carbocycles. The monoisotopic (exact) mass is 471 g/mol. The molecule has 4 rings (SSSR count). The van der Waals surface area contributed by atoms with Crippen LogP contribution in [0.4, 0.5) is 5.69 Å². The molecule has 0 radical (unpaired) electrons. The minimum atomic E-state index is -3.76. The third kappa shape index (κ3) is 5.62. The lowest BCUT2D eigenvalue weighted by Gasteiger charge is -2.45. The normalized spacial score (nSPS) is 23.2. The molecule has 0 bridgehead atoms. The Morgan fingerprint density at radius 1 is 0.939 bits per heavy atom. The average Bonchev–Trinajstić information content (AvgIpc) is 2.83. The summed E-state index contributed by atoms with van der Waals surface area (Å²) < 4.78 is 29.8. The Morgan fingerprint density at radius 2 is 1.58 bits per heavy atom. The zero-order valence-electron chi connectivity index (χ0n) is 19.2. The Balaban J connectivity index is 1.69. The predicted octanol–water partition coefficient (Wildman–Crippen LogP) is 4.97. The highest BCUT2D eigenvalue weighted by atomic mass is 32.2. The van der Waals surface area contributed by atoms with E-state index in [1.807, 2.05) is 6.92 Å². The number of hydrogen-bond donors (Lipinski definition) is 1. The second-order valence-electron chi connectivity index (χ2n) is 9.37. The van der Waals surface area contributed by atoms with E-state index >= 15 is 0 Å². The molecule has 0 spiro atoms. The number of nitro groups is 1. The van der Waals surface area contributed by atoms with Gasteiger partial charge in [0, 0.05) is 18.2 Å². The Kier molecular flexibility index (Phi) is 7.46. The quantitative estimate of drug-likeness (QED) is 0.455. The Labute approximate surface area is 196 Å². The fraction of sp³-hybridized carbons (Fsp3) is 0.520. The molecule has 2 aromatic rings. The molecular formula is C25H33N3O4S. The molecular weight excluding hydrogens is 438 g/mol. The molecule has 3 atom stereocenters. The maximum absolute atomic E-state index is 13.4. The molecule has 178 valence electrons. The minimum Gasteiger partial charge on any atom is -0.300 e. The summed E-state index contributed by atoms with van der Waals surface area (Å²) in [4.78, 5) is 13.5. The van der Waals surface area contributed by atoms with Crippen LogP contribution in [0.3, 0.4) is 0 Å². The highest BCUT2D eigenvalue weighted by Crippen LogP contribution is 2.39. The third-order valence-corrected chi connectivity index (χ3v) is 8.60. The fourth-order valence-corrected chi connectivity index (χ4v) is 6.67. The number of benzene rings is 2. The van der Waals surface area contributed by atoms with Crippen LogP contribution in [0.2, 0.25) is 0 Å². The molecule has 2 aliphatic rings. The molecule has 1 aliphatic heterocycles. The average molecular weight is 472 g/mol. The van der Waals surface area contributed by atoms with E-state index in [0.717, 1.165) is 49.9 Å². The van der Waals surface area contributed by atoms with E-state index in [-0.39, 0.29) is 16.5 Å². The van der Waals surface area contributed by atoms with Gasteiger partial charge >= 0.3 is 0 Å².